The third-order valence-corrected chi connectivity index (χ3v) is 4.60. The molecule has 1 aliphatic carbocycles. The summed E-state index contributed by atoms with van der Waals surface area (Å²) < 4.78 is 19.1. The van der Waals surface area contributed by atoms with Crippen molar-refractivity contribution < 1.29 is 24.1 Å². The SMILES string of the molecule is O=C(NC[C@@H]1COC[C@@H](O)[C@H]1O)C1(c2ccccc2F)CC1. The monoisotopic (exact) mass is 309 g/mol. The fourth-order valence-electron chi connectivity index (χ4n) is 3.02. The molecular formula is C16H20FNO4. The Hall–Kier alpha value is -1.50. The molecule has 1 heterocycles. The average molecular weight is 309 g/mol. The molecule has 6 heteroatoms. The molecule has 1 aliphatic heterocycles. The van der Waals surface area contributed by atoms with Gasteiger partial charge in [0, 0.05) is 18.0 Å². The summed E-state index contributed by atoms with van der Waals surface area (Å²) in [5, 5.41) is 22.2. The van der Waals surface area contributed by atoms with Gasteiger partial charge in [-0.1, -0.05) is 18.2 Å². The van der Waals surface area contributed by atoms with Crippen LogP contribution in [0.15, 0.2) is 24.3 Å². The summed E-state index contributed by atoms with van der Waals surface area (Å²) in [4.78, 5) is 12.4. The van der Waals surface area contributed by atoms with E-state index in [1.165, 1.54) is 6.07 Å². The van der Waals surface area contributed by atoms with Gasteiger partial charge in [-0.05, 0) is 18.9 Å². The summed E-state index contributed by atoms with van der Waals surface area (Å²) >= 11 is 0. The van der Waals surface area contributed by atoms with E-state index < -0.39 is 17.6 Å². The van der Waals surface area contributed by atoms with Gasteiger partial charge in [-0.25, -0.2) is 4.39 Å². The van der Waals surface area contributed by atoms with Gasteiger partial charge in [0.2, 0.25) is 5.91 Å². The smallest absolute Gasteiger partial charge is 0.230 e. The molecule has 3 rings (SSSR count). The van der Waals surface area contributed by atoms with Crippen molar-refractivity contribution in [2.45, 2.75) is 30.5 Å². The maximum Gasteiger partial charge on any atom is 0.230 e. The summed E-state index contributed by atoms with van der Waals surface area (Å²) in [5.74, 6) is -0.958. The molecule has 1 saturated carbocycles. The fraction of sp³-hybridized carbons (Fsp3) is 0.562. The molecule has 0 bridgehead atoms. The van der Waals surface area contributed by atoms with Crippen molar-refractivity contribution >= 4 is 5.91 Å². The molecule has 1 amide bonds. The molecule has 22 heavy (non-hydrogen) atoms. The zero-order valence-corrected chi connectivity index (χ0v) is 12.2. The van der Waals surface area contributed by atoms with Gasteiger partial charge in [0.05, 0.1) is 24.7 Å². The molecule has 3 atom stereocenters. The van der Waals surface area contributed by atoms with Crippen molar-refractivity contribution in [1.82, 2.24) is 5.32 Å². The lowest BCUT2D eigenvalue weighted by Gasteiger charge is -2.32. The number of nitrogens with one attached hydrogen (secondary N) is 1. The molecule has 0 radical (unpaired) electrons. The Balaban J connectivity index is 1.64. The standard InChI is InChI=1S/C16H20FNO4/c17-12-4-2-1-3-11(12)16(5-6-16)15(21)18-7-10-8-22-9-13(19)14(10)20/h1-4,10,13-14,19-20H,5-9H2,(H,18,21)/t10-,13-,14+/m1/s1. The Bertz CT molecular complexity index is 561. The predicted octanol–water partition coefficient (Wildman–Crippen LogP) is 0.342. The minimum absolute atomic E-state index is 0.102. The maximum atomic E-state index is 13.9. The van der Waals surface area contributed by atoms with E-state index in [0.717, 1.165) is 0 Å². The van der Waals surface area contributed by atoms with E-state index in [1.54, 1.807) is 18.2 Å². The largest absolute Gasteiger partial charge is 0.390 e. The van der Waals surface area contributed by atoms with E-state index in [0.29, 0.717) is 18.4 Å². The normalized spacial score (nSPS) is 29.9. The van der Waals surface area contributed by atoms with E-state index in [-0.39, 0.29) is 37.4 Å². The summed E-state index contributed by atoms with van der Waals surface area (Å²) in [6.07, 6.45) is -0.618. The van der Waals surface area contributed by atoms with Crippen LogP contribution in [0.4, 0.5) is 4.39 Å². The summed E-state index contributed by atoms with van der Waals surface area (Å²) in [6, 6.07) is 6.33. The zero-order valence-electron chi connectivity index (χ0n) is 12.2. The van der Waals surface area contributed by atoms with Crippen LogP contribution in [0.5, 0.6) is 0 Å². The minimum atomic E-state index is -0.933. The quantitative estimate of drug-likeness (QED) is 0.749. The van der Waals surface area contributed by atoms with Crippen molar-refractivity contribution in [3.63, 3.8) is 0 Å². The van der Waals surface area contributed by atoms with E-state index >= 15 is 0 Å². The molecule has 1 aromatic rings. The number of aliphatic hydroxyl groups excluding tert-OH is 2. The highest BCUT2D eigenvalue weighted by Gasteiger charge is 2.52. The molecule has 0 unspecified atom stereocenters. The lowest BCUT2D eigenvalue weighted by molar-refractivity contribution is -0.130. The van der Waals surface area contributed by atoms with Gasteiger partial charge in [0.25, 0.3) is 0 Å². The lowest BCUT2D eigenvalue weighted by Crippen LogP contribution is -2.49. The van der Waals surface area contributed by atoms with Gasteiger partial charge in [-0.2, -0.15) is 0 Å². The highest BCUT2D eigenvalue weighted by atomic mass is 19.1. The molecule has 0 aromatic heterocycles. The topological polar surface area (TPSA) is 78.8 Å². The Morgan fingerprint density at radius 3 is 2.73 bits per heavy atom. The number of hydrogen-bond acceptors (Lipinski definition) is 4. The first-order valence-electron chi connectivity index (χ1n) is 7.52. The first kappa shape index (κ1) is 15.4. The van der Waals surface area contributed by atoms with Gasteiger partial charge in [0.1, 0.15) is 11.9 Å². The summed E-state index contributed by atoms with van der Waals surface area (Å²) in [5.41, 5.74) is -0.363. The van der Waals surface area contributed by atoms with Crippen LogP contribution in [0.1, 0.15) is 18.4 Å². The Morgan fingerprint density at radius 1 is 1.32 bits per heavy atom. The number of rotatable bonds is 4. The van der Waals surface area contributed by atoms with Crippen LogP contribution in [0.2, 0.25) is 0 Å². The number of benzene rings is 1. The number of ether oxygens (including phenoxy) is 1. The number of carbonyl (C=O) groups is 1. The number of amides is 1. The Labute approximate surface area is 128 Å². The Kier molecular flexibility index (Phi) is 4.16. The molecule has 0 spiro atoms. The van der Waals surface area contributed by atoms with E-state index in [1.807, 2.05) is 0 Å². The molecule has 3 N–H and O–H groups in total. The van der Waals surface area contributed by atoms with Gasteiger partial charge in [-0.3, -0.25) is 4.79 Å². The fourth-order valence-corrected chi connectivity index (χ4v) is 3.02. The van der Waals surface area contributed by atoms with Crippen LogP contribution in [-0.4, -0.2) is 48.1 Å². The molecular weight excluding hydrogens is 289 g/mol. The van der Waals surface area contributed by atoms with Crippen LogP contribution in [-0.2, 0) is 14.9 Å². The van der Waals surface area contributed by atoms with Crippen LogP contribution in [0.3, 0.4) is 0 Å². The Morgan fingerprint density at radius 2 is 2.05 bits per heavy atom. The zero-order chi connectivity index (χ0) is 15.7. The average Bonchev–Trinajstić information content (AvgIpc) is 3.30. The molecule has 1 aromatic carbocycles. The molecule has 2 fully saturated rings. The summed E-state index contributed by atoms with van der Waals surface area (Å²) in [7, 11) is 0. The third kappa shape index (κ3) is 2.74. The lowest BCUT2D eigenvalue weighted by atomic mass is 9.93. The van der Waals surface area contributed by atoms with Crippen LogP contribution >= 0.6 is 0 Å². The van der Waals surface area contributed by atoms with Crippen LogP contribution in [0, 0.1) is 11.7 Å². The predicted molar refractivity (Wildman–Crippen MR) is 76.6 cm³/mol. The van der Waals surface area contributed by atoms with E-state index in [9.17, 15) is 19.4 Å². The first-order valence-corrected chi connectivity index (χ1v) is 7.52. The van der Waals surface area contributed by atoms with Gasteiger partial charge >= 0.3 is 0 Å². The minimum Gasteiger partial charge on any atom is -0.390 e. The number of hydrogen-bond donors (Lipinski definition) is 3. The van der Waals surface area contributed by atoms with Crippen molar-refractivity contribution in [3.8, 4) is 0 Å². The van der Waals surface area contributed by atoms with Crippen LogP contribution in [0.25, 0.3) is 0 Å². The first-order chi connectivity index (χ1) is 10.5. The van der Waals surface area contributed by atoms with E-state index in [4.69, 9.17) is 4.74 Å². The molecule has 2 aliphatic rings. The van der Waals surface area contributed by atoms with Crippen molar-refractivity contribution in [2.75, 3.05) is 19.8 Å². The molecule has 120 valence electrons. The number of halogens is 1. The summed E-state index contributed by atoms with van der Waals surface area (Å²) in [6.45, 7) is 0.587. The molecule has 5 nitrogen and oxygen atoms in total. The second-order valence-electron chi connectivity index (χ2n) is 6.13. The highest BCUT2D eigenvalue weighted by molar-refractivity contribution is 5.91. The van der Waals surface area contributed by atoms with Gasteiger partial charge in [0.15, 0.2) is 0 Å². The van der Waals surface area contributed by atoms with Crippen molar-refractivity contribution in [2.24, 2.45) is 5.92 Å². The van der Waals surface area contributed by atoms with Crippen molar-refractivity contribution in [3.05, 3.63) is 35.6 Å². The van der Waals surface area contributed by atoms with E-state index in [2.05, 4.69) is 5.32 Å². The molecule has 1 saturated heterocycles. The van der Waals surface area contributed by atoms with Crippen molar-refractivity contribution in [1.29, 1.82) is 0 Å². The number of carbonyl (C=O) groups excluding carboxylic acids is 1. The number of aliphatic hydroxyl groups is 2. The second kappa shape index (κ2) is 5.95. The highest BCUT2D eigenvalue weighted by Crippen LogP contribution is 2.49. The van der Waals surface area contributed by atoms with Crippen LogP contribution < -0.4 is 5.32 Å². The third-order valence-electron chi connectivity index (χ3n) is 4.60. The van der Waals surface area contributed by atoms with Gasteiger partial charge in [-0.15, -0.1) is 0 Å². The second-order valence-corrected chi connectivity index (χ2v) is 6.13. The maximum absolute atomic E-state index is 13.9. The van der Waals surface area contributed by atoms with Gasteiger partial charge < -0.3 is 20.3 Å².